The minimum Gasteiger partial charge on any atom is -0.331 e. The predicted octanol–water partition coefficient (Wildman–Crippen LogP) is 3.13. The second-order valence-corrected chi connectivity index (χ2v) is 4.82. The van der Waals surface area contributed by atoms with Crippen LogP contribution in [0.3, 0.4) is 0 Å². The third-order valence-corrected chi connectivity index (χ3v) is 3.30. The molecule has 4 nitrogen and oxygen atoms in total. The highest BCUT2D eigenvalue weighted by atomic mass is 19.1. The van der Waals surface area contributed by atoms with Crippen LogP contribution in [0.15, 0.2) is 55.8 Å². The first kappa shape index (κ1) is 15.7. The van der Waals surface area contributed by atoms with E-state index in [2.05, 4.69) is 18.3 Å². The van der Waals surface area contributed by atoms with Crippen LogP contribution in [-0.2, 0) is 0 Å². The van der Waals surface area contributed by atoms with Gasteiger partial charge in [-0.15, -0.1) is 13.2 Å². The molecular formula is C17H18FN3O. The second-order valence-electron chi connectivity index (χ2n) is 4.82. The summed E-state index contributed by atoms with van der Waals surface area (Å²) >= 11 is 0. The number of carbonyl (C=O) groups is 1. The van der Waals surface area contributed by atoms with Gasteiger partial charge in [0.25, 0.3) is 5.91 Å². The number of nitrogens with zero attached hydrogens (tertiary/aromatic N) is 3. The SMILES string of the molecule is C=CCN(CC=C)C(=O)c1cnn(-c2ccc(F)cc2)c1C. The molecule has 1 aromatic heterocycles. The molecule has 0 bridgehead atoms. The molecule has 22 heavy (non-hydrogen) atoms. The third-order valence-electron chi connectivity index (χ3n) is 3.30. The van der Waals surface area contributed by atoms with Gasteiger partial charge in [-0.05, 0) is 31.2 Å². The summed E-state index contributed by atoms with van der Waals surface area (Å²) in [5.74, 6) is -0.446. The van der Waals surface area contributed by atoms with E-state index in [4.69, 9.17) is 0 Å². The molecule has 1 heterocycles. The summed E-state index contributed by atoms with van der Waals surface area (Å²) in [4.78, 5) is 14.2. The number of hydrogen-bond donors (Lipinski definition) is 0. The minimum absolute atomic E-state index is 0.134. The third kappa shape index (κ3) is 3.14. The van der Waals surface area contributed by atoms with Gasteiger partial charge in [0, 0.05) is 13.1 Å². The molecule has 0 saturated carbocycles. The average Bonchev–Trinajstić information content (AvgIpc) is 2.89. The zero-order valence-corrected chi connectivity index (χ0v) is 12.5. The Morgan fingerprint density at radius 2 is 1.86 bits per heavy atom. The van der Waals surface area contributed by atoms with Crippen molar-refractivity contribution in [1.29, 1.82) is 0 Å². The van der Waals surface area contributed by atoms with E-state index in [1.54, 1.807) is 33.9 Å². The molecule has 5 heteroatoms. The quantitative estimate of drug-likeness (QED) is 0.769. The van der Waals surface area contributed by atoms with E-state index in [1.165, 1.54) is 18.3 Å². The highest BCUT2D eigenvalue weighted by Crippen LogP contribution is 2.16. The lowest BCUT2D eigenvalue weighted by molar-refractivity contribution is 0.0790. The van der Waals surface area contributed by atoms with Gasteiger partial charge in [0.15, 0.2) is 0 Å². The summed E-state index contributed by atoms with van der Waals surface area (Å²) in [6.45, 7) is 10.00. The van der Waals surface area contributed by atoms with Crippen molar-refractivity contribution in [2.45, 2.75) is 6.92 Å². The number of benzene rings is 1. The van der Waals surface area contributed by atoms with Crippen LogP contribution in [-0.4, -0.2) is 33.7 Å². The minimum atomic E-state index is -0.312. The van der Waals surface area contributed by atoms with Crippen molar-refractivity contribution < 1.29 is 9.18 Å². The first-order chi connectivity index (χ1) is 10.6. The second kappa shape index (κ2) is 6.85. The Hall–Kier alpha value is -2.69. The number of hydrogen-bond acceptors (Lipinski definition) is 2. The summed E-state index contributed by atoms with van der Waals surface area (Å²) in [6, 6.07) is 5.96. The van der Waals surface area contributed by atoms with E-state index < -0.39 is 0 Å². The van der Waals surface area contributed by atoms with E-state index in [-0.39, 0.29) is 11.7 Å². The zero-order valence-electron chi connectivity index (χ0n) is 12.5. The molecule has 0 aliphatic heterocycles. The Balaban J connectivity index is 2.33. The molecule has 114 valence electrons. The molecular weight excluding hydrogens is 281 g/mol. The number of amides is 1. The highest BCUT2D eigenvalue weighted by Gasteiger charge is 2.19. The normalized spacial score (nSPS) is 10.3. The molecule has 0 radical (unpaired) electrons. The van der Waals surface area contributed by atoms with Crippen molar-refractivity contribution >= 4 is 5.91 Å². The van der Waals surface area contributed by atoms with Crippen LogP contribution >= 0.6 is 0 Å². The highest BCUT2D eigenvalue weighted by molar-refractivity contribution is 5.95. The molecule has 0 spiro atoms. The molecule has 0 aliphatic rings. The topological polar surface area (TPSA) is 38.1 Å². The predicted molar refractivity (Wildman–Crippen MR) is 84.6 cm³/mol. The fourth-order valence-electron chi connectivity index (χ4n) is 2.18. The van der Waals surface area contributed by atoms with Crippen molar-refractivity contribution in [2.24, 2.45) is 0 Å². The Bertz CT molecular complexity index is 678. The first-order valence-corrected chi connectivity index (χ1v) is 6.90. The van der Waals surface area contributed by atoms with Crippen molar-refractivity contribution in [1.82, 2.24) is 14.7 Å². The summed E-state index contributed by atoms with van der Waals surface area (Å²) < 4.78 is 14.6. The van der Waals surface area contributed by atoms with Gasteiger partial charge in [-0.3, -0.25) is 4.79 Å². The van der Waals surface area contributed by atoms with Gasteiger partial charge in [-0.1, -0.05) is 12.2 Å². The molecule has 1 aromatic carbocycles. The maximum Gasteiger partial charge on any atom is 0.257 e. The summed E-state index contributed by atoms with van der Waals surface area (Å²) in [6.07, 6.45) is 4.86. The fourth-order valence-corrected chi connectivity index (χ4v) is 2.18. The van der Waals surface area contributed by atoms with Crippen molar-refractivity contribution in [3.63, 3.8) is 0 Å². The van der Waals surface area contributed by atoms with Gasteiger partial charge >= 0.3 is 0 Å². The molecule has 0 fully saturated rings. The van der Waals surface area contributed by atoms with Crippen LogP contribution in [0.1, 0.15) is 16.1 Å². The fraction of sp³-hybridized carbons (Fsp3) is 0.176. The van der Waals surface area contributed by atoms with Crippen LogP contribution in [0.5, 0.6) is 0 Å². The van der Waals surface area contributed by atoms with E-state index in [0.29, 0.717) is 30.0 Å². The Kier molecular flexibility index (Phi) is 4.88. The number of halogens is 1. The van der Waals surface area contributed by atoms with Crippen molar-refractivity contribution in [3.05, 3.63) is 72.8 Å². The summed E-state index contributed by atoms with van der Waals surface area (Å²) in [5, 5.41) is 4.23. The van der Waals surface area contributed by atoms with Gasteiger partial charge in [0.05, 0.1) is 23.1 Å². The molecule has 2 aromatic rings. The van der Waals surface area contributed by atoms with E-state index in [1.807, 2.05) is 6.92 Å². The maximum absolute atomic E-state index is 13.0. The monoisotopic (exact) mass is 299 g/mol. The lowest BCUT2D eigenvalue weighted by Gasteiger charge is -2.19. The van der Waals surface area contributed by atoms with Crippen LogP contribution < -0.4 is 0 Å². The molecule has 0 atom stereocenters. The van der Waals surface area contributed by atoms with Gasteiger partial charge < -0.3 is 4.90 Å². The molecule has 0 saturated heterocycles. The van der Waals surface area contributed by atoms with Gasteiger partial charge in [-0.25, -0.2) is 9.07 Å². The lowest BCUT2D eigenvalue weighted by atomic mass is 10.2. The molecule has 0 aliphatic carbocycles. The standard InChI is InChI=1S/C17H18FN3O/c1-4-10-20(11-5-2)17(22)16-12-19-21(13(16)3)15-8-6-14(18)7-9-15/h4-9,12H,1-2,10-11H2,3H3. The summed E-state index contributed by atoms with van der Waals surface area (Å²) in [7, 11) is 0. The van der Waals surface area contributed by atoms with E-state index in [9.17, 15) is 9.18 Å². The smallest absolute Gasteiger partial charge is 0.257 e. The molecule has 2 rings (SSSR count). The Morgan fingerprint density at radius 3 is 2.41 bits per heavy atom. The number of carbonyl (C=O) groups excluding carboxylic acids is 1. The zero-order chi connectivity index (χ0) is 16.1. The van der Waals surface area contributed by atoms with Crippen LogP contribution in [0, 0.1) is 12.7 Å². The molecule has 0 unspecified atom stereocenters. The van der Waals surface area contributed by atoms with Crippen molar-refractivity contribution in [3.8, 4) is 5.69 Å². The molecule has 0 N–H and O–H groups in total. The van der Waals surface area contributed by atoms with Gasteiger partial charge in [0.1, 0.15) is 5.82 Å². The first-order valence-electron chi connectivity index (χ1n) is 6.90. The van der Waals surface area contributed by atoms with E-state index in [0.717, 1.165) is 0 Å². The number of rotatable bonds is 6. The largest absolute Gasteiger partial charge is 0.331 e. The summed E-state index contributed by atoms with van der Waals surface area (Å²) in [5.41, 5.74) is 1.92. The average molecular weight is 299 g/mol. The molecule has 1 amide bonds. The van der Waals surface area contributed by atoms with Crippen LogP contribution in [0.2, 0.25) is 0 Å². The maximum atomic E-state index is 13.0. The van der Waals surface area contributed by atoms with E-state index >= 15 is 0 Å². The van der Waals surface area contributed by atoms with Crippen molar-refractivity contribution in [2.75, 3.05) is 13.1 Å². The lowest BCUT2D eigenvalue weighted by Crippen LogP contribution is -2.31. The van der Waals surface area contributed by atoms with Crippen LogP contribution in [0.4, 0.5) is 4.39 Å². The van der Waals surface area contributed by atoms with Gasteiger partial charge in [0.2, 0.25) is 0 Å². The Labute approximate surface area is 129 Å². The van der Waals surface area contributed by atoms with Crippen LogP contribution in [0.25, 0.3) is 5.69 Å². The Morgan fingerprint density at radius 1 is 1.27 bits per heavy atom. The number of aromatic nitrogens is 2. The van der Waals surface area contributed by atoms with Gasteiger partial charge in [-0.2, -0.15) is 5.10 Å².